The lowest BCUT2D eigenvalue weighted by Crippen LogP contribution is -2.14. The zero-order chi connectivity index (χ0) is 23.8. The molecule has 0 aliphatic carbocycles. The SMILES string of the molecule is CCc1ccccc1NC(=O)/C(C#N)=C/c1cc(I)c(OCc2cccc(F)c2)c(OC)c1. The second kappa shape index (κ2) is 11.5. The normalized spacial score (nSPS) is 10.9. The fourth-order valence-corrected chi connectivity index (χ4v) is 3.98. The van der Waals surface area contributed by atoms with Crippen molar-refractivity contribution in [2.45, 2.75) is 20.0 Å². The van der Waals surface area contributed by atoms with Gasteiger partial charge in [-0.2, -0.15) is 5.26 Å². The standard InChI is InChI=1S/C26H22FIN2O3/c1-3-19-8-4-5-10-23(19)30-26(31)20(15-29)11-18-13-22(28)25(24(14-18)32-2)33-16-17-7-6-9-21(27)12-17/h4-14H,3,16H2,1-2H3,(H,30,31)/b20-11+. The number of carbonyl (C=O) groups is 1. The van der Waals surface area contributed by atoms with Crippen LogP contribution in [-0.2, 0) is 17.8 Å². The largest absolute Gasteiger partial charge is 0.493 e. The quantitative estimate of drug-likeness (QED) is 0.206. The maximum Gasteiger partial charge on any atom is 0.266 e. The molecule has 0 saturated heterocycles. The number of methoxy groups -OCH3 is 1. The molecule has 1 N–H and O–H groups in total. The molecular formula is C26H22FIN2O3. The molecule has 0 fully saturated rings. The first-order valence-electron chi connectivity index (χ1n) is 10.2. The number of hydrogen-bond donors (Lipinski definition) is 1. The van der Waals surface area contributed by atoms with Gasteiger partial charge < -0.3 is 14.8 Å². The molecule has 0 saturated carbocycles. The molecule has 0 aliphatic heterocycles. The van der Waals surface area contributed by atoms with E-state index in [1.165, 1.54) is 25.3 Å². The Bertz CT molecular complexity index is 1230. The van der Waals surface area contributed by atoms with E-state index in [4.69, 9.17) is 9.47 Å². The molecular weight excluding hydrogens is 534 g/mol. The maximum atomic E-state index is 13.4. The Hall–Kier alpha value is -3.38. The first-order chi connectivity index (χ1) is 15.9. The van der Waals surface area contributed by atoms with Crippen molar-refractivity contribution in [3.8, 4) is 17.6 Å². The van der Waals surface area contributed by atoms with Crippen LogP contribution in [0.4, 0.5) is 10.1 Å². The van der Waals surface area contributed by atoms with Gasteiger partial charge in [-0.15, -0.1) is 0 Å². The summed E-state index contributed by atoms with van der Waals surface area (Å²) in [7, 11) is 1.51. The van der Waals surface area contributed by atoms with Crippen molar-refractivity contribution in [2.24, 2.45) is 0 Å². The van der Waals surface area contributed by atoms with Crippen LogP contribution >= 0.6 is 22.6 Å². The average molecular weight is 556 g/mol. The van der Waals surface area contributed by atoms with Gasteiger partial charge in [0.2, 0.25) is 0 Å². The molecule has 3 rings (SSSR count). The summed E-state index contributed by atoms with van der Waals surface area (Å²) in [4.78, 5) is 12.7. The van der Waals surface area contributed by atoms with Gasteiger partial charge in [0, 0.05) is 5.69 Å². The molecule has 3 aromatic carbocycles. The summed E-state index contributed by atoms with van der Waals surface area (Å²) < 4.78 is 25.5. The van der Waals surface area contributed by atoms with Crippen LogP contribution < -0.4 is 14.8 Å². The lowest BCUT2D eigenvalue weighted by Gasteiger charge is -2.14. The van der Waals surface area contributed by atoms with Gasteiger partial charge in [-0.1, -0.05) is 37.3 Å². The Kier molecular flexibility index (Phi) is 8.44. The Balaban J connectivity index is 1.83. The number of amides is 1. The molecule has 0 radical (unpaired) electrons. The van der Waals surface area contributed by atoms with Crippen molar-refractivity contribution >= 4 is 40.3 Å². The molecule has 0 spiro atoms. The molecule has 1 amide bonds. The third kappa shape index (κ3) is 6.33. The number of rotatable bonds is 8. The Labute approximate surface area is 206 Å². The maximum absolute atomic E-state index is 13.4. The molecule has 0 bridgehead atoms. The minimum atomic E-state index is -0.487. The molecule has 0 aromatic heterocycles. The second-order valence-electron chi connectivity index (χ2n) is 7.09. The number of nitriles is 1. The minimum Gasteiger partial charge on any atom is -0.493 e. The van der Waals surface area contributed by atoms with Gasteiger partial charge in [-0.3, -0.25) is 4.79 Å². The fraction of sp³-hybridized carbons (Fsp3) is 0.154. The number of hydrogen-bond acceptors (Lipinski definition) is 4. The Morgan fingerprint density at radius 1 is 1.18 bits per heavy atom. The van der Waals surface area contributed by atoms with Crippen LogP contribution in [0.15, 0.2) is 66.2 Å². The van der Waals surface area contributed by atoms with Gasteiger partial charge in [0.05, 0.1) is 10.7 Å². The summed E-state index contributed by atoms with van der Waals surface area (Å²) in [6, 6.07) is 19.1. The van der Waals surface area contributed by atoms with Crippen LogP contribution in [0.1, 0.15) is 23.6 Å². The van der Waals surface area contributed by atoms with Gasteiger partial charge in [0.25, 0.3) is 5.91 Å². The monoisotopic (exact) mass is 556 g/mol. The summed E-state index contributed by atoms with van der Waals surface area (Å²) >= 11 is 2.10. The highest BCUT2D eigenvalue weighted by Crippen LogP contribution is 2.35. The Morgan fingerprint density at radius 3 is 2.67 bits per heavy atom. The van der Waals surface area contributed by atoms with Gasteiger partial charge in [0.1, 0.15) is 24.1 Å². The van der Waals surface area contributed by atoms with E-state index in [0.29, 0.717) is 28.3 Å². The molecule has 33 heavy (non-hydrogen) atoms. The van der Waals surface area contributed by atoms with E-state index >= 15 is 0 Å². The number of benzene rings is 3. The van der Waals surface area contributed by atoms with Crippen molar-refractivity contribution in [3.63, 3.8) is 0 Å². The highest BCUT2D eigenvalue weighted by molar-refractivity contribution is 14.1. The summed E-state index contributed by atoms with van der Waals surface area (Å²) in [6.45, 7) is 2.17. The van der Waals surface area contributed by atoms with Crippen LogP contribution in [0.5, 0.6) is 11.5 Å². The van der Waals surface area contributed by atoms with Gasteiger partial charge >= 0.3 is 0 Å². The topological polar surface area (TPSA) is 71.4 Å². The summed E-state index contributed by atoms with van der Waals surface area (Å²) in [5.41, 5.74) is 2.93. The lowest BCUT2D eigenvalue weighted by atomic mass is 10.1. The molecule has 0 atom stereocenters. The molecule has 5 nitrogen and oxygen atoms in total. The highest BCUT2D eigenvalue weighted by Gasteiger charge is 2.15. The number of anilines is 1. The van der Waals surface area contributed by atoms with E-state index in [-0.39, 0.29) is 18.0 Å². The number of carbonyl (C=O) groups excluding carboxylic acids is 1. The fourth-order valence-electron chi connectivity index (χ4n) is 3.20. The predicted octanol–water partition coefficient (Wildman–Crippen LogP) is 6.13. The van der Waals surface area contributed by atoms with Crippen LogP contribution in [0, 0.1) is 20.7 Å². The van der Waals surface area contributed by atoms with E-state index in [1.807, 2.05) is 37.3 Å². The number of aryl methyl sites for hydroxylation is 1. The van der Waals surface area contributed by atoms with Crippen molar-refractivity contribution in [3.05, 3.63) is 92.3 Å². The molecule has 0 heterocycles. The van der Waals surface area contributed by atoms with Gasteiger partial charge in [0.15, 0.2) is 11.5 Å². The van der Waals surface area contributed by atoms with Crippen molar-refractivity contribution in [1.29, 1.82) is 5.26 Å². The number of nitrogens with one attached hydrogen (secondary N) is 1. The third-order valence-corrected chi connectivity index (χ3v) is 5.65. The molecule has 168 valence electrons. The van der Waals surface area contributed by atoms with Crippen molar-refractivity contribution in [2.75, 3.05) is 12.4 Å². The number of para-hydroxylation sites is 1. The molecule has 0 unspecified atom stereocenters. The van der Waals surface area contributed by atoms with Gasteiger partial charge in [-0.05, 0) is 82.1 Å². The highest BCUT2D eigenvalue weighted by atomic mass is 127. The molecule has 0 aliphatic rings. The summed E-state index contributed by atoms with van der Waals surface area (Å²) in [6.07, 6.45) is 2.26. The van der Waals surface area contributed by atoms with Crippen LogP contribution in [0.3, 0.4) is 0 Å². The smallest absolute Gasteiger partial charge is 0.266 e. The Morgan fingerprint density at radius 2 is 1.97 bits per heavy atom. The number of nitrogens with zero attached hydrogens (tertiary/aromatic N) is 1. The van der Waals surface area contributed by atoms with Crippen molar-refractivity contribution in [1.82, 2.24) is 0 Å². The van der Waals surface area contributed by atoms with Crippen LogP contribution in [-0.4, -0.2) is 13.0 Å². The average Bonchev–Trinajstić information content (AvgIpc) is 2.81. The summed E-state index contributed by atoms with van der Waals surface area (Å²) in [5, 5.41) is 12.4. The number of halogens is 2. The third-order valence-electron chi connectivity index (χ3n) is 4.85. The van der Waals surface area contributed by atoms with Crippen LogP contribution in [0.25, 0.3) is 6.08 Å². The van der Waals surface area contributed by atoms with E-state index in [2.05, 4.69) is 27.9 Å². The second-order valence-corrected chi connectivity index (χ2v) is 8.25. The minimum absolute atomic E-state index is 0.0350. The first-order valence-corrected chi connectivity index (χ1v) is 11.3. The first kappa shape index (κ1) is 24.3. The van der Waals surface area contributed by atoms with E-state index in [0.717, 1.165) is 15.6 Å². The van der Waals surface area contributed by atoms with Gasteiger partial charge in [-0.25, -0.2) is 4.39 Å². The molecule has 3 aromatic rings. The van der Waals surface area contributed by atoms with Crippen molar-refractivity contribution < 1.29 is 18.7 Å². The van der Waals surface area contributed by atoms with Crippen LogP contribution in [0.2, 0.25) is 0 Å². The molecule has 7 heteroatoms. The lowest BCUT2D eigenvalue weighted by molar-refractivity contribution is -0.112. The van der Waals surface area contributed by atoms with E-state index in [9.17, 15) is 14.4 Å². The van der Waals surface area contributed by atoms with E-state index in [1.54, 1.807) is 24.3 Å². The predicted molar refractivity (Wildman–Crippen MR) is 134 cm³/mol. The number of ether oxygens (including phenoxy) is 2. The van der Waals surface area contributed by atoms with E-state index < -0.39 is 5.91 Å². The zero-order valence-electron chi connectivity index (χ0n) is 18.2. The summed E-state index contributed by atoms with van der Waals surface area (Å²) in [5.74, 6) is 0.124. The zero-order valence-corrected chi connectivity index (χ0v) is 20.4.